The Kier molecular flexibility index (Phi) is 35.6. The van der Waals surface area contributed by atoms with Gasteiger partial charge in [0.25, 0.3) is 0 Å². The second-order valence-electron chi connectivity index (χ2n) is 8.40. The molecule has 0 fully saturated rings. The number of nitrogens with one attached hydrogen (secondary N) is 1. The van der Waals surface area contributed by atoms with Crippen LogP contribution in [0, 0.1) is 0 Å². The van der Waals surface area contributed by atoms with Crippen LogP contribution in [0.4, 0.5) is 0 Å². The molecule has 0 heterocycles. The van der Waals surface area contributed by atoms with Gasteiger partial charge in [0.2, 0.25) is 5.91 Å². The van der Waals surface area contributed by atoms with E-state index in [1.54, 1.807) is 0 Å². The Morgan fingerprint density at radius 1 is 0.455 bits per heavy atom. The van der Waals surface area contributed by atoms with Gasteiger partial charge in [-0.25, -0.2) is 4.79 Å². The maximum absolute atomic E-state index is 11.3. The van der Waals surface area contributed by atoms with Crippen molar-refractivity contribution in [3.05, 3.63) is 12.8 Å². The number of aliphatic carboxylic acids is 1. The van der Waals surface area contributed by atoms with Crippen molar-refractivity contribution in [2.45, 2.75) is 0 Å². The molecule has 0 aliphatic heterocycles. The van der Waals surface area contributed by atoms with Crippen LogP contribution in [0.1, 0.15) is 0 Å². The Hall–Kier alpha value is -1.96. The smallest absolute Gasteiger partial charge is 0.329 e. The van der Waals surface area contributed by atoms with Crippen LogP contribution in [-0.2, 0) is 66.4 Å². The van der Waals surface area contributed by atoms with E-state index in [1.807, 2.05) is 0 Å². The summed E-state index contributed by atoms with van der Waals surface area (Å²) in [6.07, 6.45) is 1.39. The lowest BCUT2D eigenvalue weighted by molar-refractivity contribution is -0.143. The standard InChI is InChI=1S/C28H53NO15/c1-2-33-5-6-35-9-10-37-13-14-39-17-18-41-21-22-43-24-23-42-20-19-40-16-15-38-12-11-36-8-7-34-4-3-29-27(30)25-44-26-28(31)32/h2H,1,3-26H2,(H,29,30)(H,31,32). The predicted molar refractivity (Wildman–Crippen MR) is 156 cm³/mol. The summed E-state index contributed by atoms with van der Waals surface area (Å²) < 4.78 is 63.6. The fourth-order valence-electron chi connectivity index (χ4n) is 2.82. The number of rotatable bonds is 38. The van der Waals surface area contributed by atoms with Gasteiger partial charge in [-0.05, 0) is 0 Å². The molecule has 0 aliphatic carbocycles. The monoisotopic (exact) mass is 643 g/mol. The molecule has 0 bridgehead atoms. The zero-order valence-corrected chi connectivity index (χ0v) is 25.9. The maximum atomic E-state index is 11.3. The van der Waals surface area contributed by atoms with Crippen molar-refractivity contribution in [2.75, 3.05) is 159 Å². The number of carbonyl (C=O) groups excluding carboxylic acids is 1. The van der Waals surface area contributed by atoms with E-state index in [1.165, 1.54) is 6.26 Å². The summed E-state index contributed by atoms with van der Waals surface area (Å²) in [6, 6.07) is 0. The van der Waals surface area contributed by atoms with E-state index in [9.17, 15) is 9.59 Å². The largest absolute Gasteiger partial charge is 0.499 e. The number of carboxylic acids is 1. The molecule has 16 heteroatoms. The molecular weight excluding hydrogens is 590 g/mol. The molecular formula is C28H53NO15. The Morgan fingerprint density at radius 2 is 0.750 bits per heavy atom. The molecule has 0 aromatic carbocycles. The fraction of sp³-hybridized carbons (Fsp3) is 0.857. The predicted octanol–water partition coefficient (Wildman–Crippen LogP) is -0.470. The zero-order valence-electron chi connectivity index (χ0n) is 25.9. The summed E-state index contributed by atoms with van der Waals surface area (Å²) in [4.78, 5) is 21.6. The topological polar surface area (TPSA) is 177 Å². The summed E-state index contributed by atoms with van der Waals surface area (Å²) >= 11 is 0. The van der Waals surface area contributed by atoms with Gasteiger partial charge in [-0.15, -0.1) is 0 Å². The van der Waals surface area contributed by atoms with Gasteiger partial charge in [-0.1, -0.05) is 6.58 Å². The summed E-state index contributed by atoms with van der Waals surface area (Å²) in [5.74, 6) is -1.52. The molecule has 0 spiro atoms. The molecule has 0 aromatic heterocycles. The van der Waals surface area contributed by atoms with Crippen molar-refractivity contribution in [3.8, 4) is 0 Å². The third-order valence-electron chi connectivity index (χ3n) is 4.84. The highest BCUT2D eigenvalue weighted by atomic mass is 16.6. The quantitative estimate of drug-likeness (QED) is 0.0652. The van der Waals surface area contributed by atoms with Crippen LogP contribution in [-0.4, -0.2) is 175 Å². The maximum Gasteiger partial charge on any atom is 0.329 e. The third kappa shape index (κ3) is 38.1. The highest BCUT2D eigenvalue weighted by Crippen LogP contribution is 1.87. The molecule has 0 saturated heterocycles. The summed E-state index contributed by atoms with van der Waals surface area (Å²) in [7, 11) is 0. The molecule has 2 N–H and O–H groups in total. The lowest BCUT2D eigenvalue weighted by Crippen LogP contribution is -2.31. The van der Waals surface area contributed by atoms with E-state index in [-0.39, 0.29) is 6.61 Å². The van der Waals surface area contributed by atoms with Gasteiger partial charge in [0.1, 0.15) is 19.8 Å². The van der Waals surface area contributed by atoms with Gasteiger partial charge in [0, 0.05) is 6.54 Å². The van der Waals surface area contributed by atoms with Crippen molar-refractivity contribution in [1.29, 1.82) is 0 Å². The molecule has 0 radical (unpaired) electrons. The summed E-state index contributed by atoms with van der Waals surface area (Å²) in [5, 5.41) is 11.0. The first-order valence-corrected chi connectivity index (χ1v) is 14.7. The molecule has 0 aromatic rings. The zero-order chi connectivity index (χ0) is 32.0. The van der Waals surface area contributed by atoms with E-state index >= 15 is 0 Å². The van der Waals surface area contributed by atoms with Crippen LogP contribution >= 0.6 is 0 Å². The third-order valence-corrected chi connectivity index (χ3v) is 4.84. The van der Waals surface area contributed by atoms with Crippen molar-refractivity contribution in [1.82, 2.24) is 5.32 Å². The van der Waals surface area contributed by atoms with Gasteiger partial charge in [-0.3, -0.25) is 4.79 Å². The Labute approximate surface area is 260 Å². The van der Waals surface area contributed by atoms with E-state index in [0.717, 1.165) is 0 Å². The van der Waals surface area contributed by atoms with Crippen LogP contribution < -0.4 is 5.32 Å². The SMILES string of the molecule is C=COCCOCCOCCOCCOCCOCCOCCOCCOCCOCCOCCNC(=O)COCC(=O)O. The van der Waals surface area contributed by atoms with Crippen LogP contribution in [0.2, 0.25) is 0 Å². The van der Waals surface area contributed by atoms with Gasteiger partial charge in [-0.2, -0.15) is 0 Å². The van der Waals surface area contributed by atoms with Gasteiger partial charge < -0.3 is 67.3 Å². The molecule has 0 aliphatic rings. The van der Waals surface area contributed by atoms with Crippen LogP contribution in [0.5, 0.6) is 0 Å². The molecule has 1 amide bonds. The normalized spacial score (nSPS) is 11.1. The molecule has 0 atom stereocenters. The number of amides is 1. The van der Waals surface area contributed by atoms with Gasteiger partial charge >= 0.3 is 5.97 Å². The number of hydrogen-bond donors (Lipinski definition) is 2. The average molecular weight is 644 g/mol. The number of hydrogen-bond acceptors (Lipinski definition) is 14. The summed E-state index contributed by atoms with van der Waals surface area (Å²) in [5.41, 5.74) is 0. The minimum Gasteiger partial charge on any atom is -0.499 e. The Balaban J connectivity index is 3.09. The molecule has 44 heavy (non-hydrogen) atoms. The average Bonchev–Trinajstić information content (AvgIpc) is 3.01. The van der Waals surface area contributed by atoms with E-state index in [0.29, 0.717) is 145 Å². The lowest BCUT2D eigenvalue weighted by Gasteiger charge is -2.09. The van der Waals surface area contributed by atoms with Gasteiger partial charge in [0.15, 0.2) is 0 Å². The fourth-order valence-corrected chi connectivity index (χ4v) is 2.82. The van der Waals surface area contributed by atoms with Crippen molar-refractivity contribution in [3.63, 3.8) is 0 Å². The molecule has 16 nitrogen and oxygen atoms in total. The van der Waals surface area contributed by atoms with Crippen molar-refractivity contribution < 1.29 is 71.5 Å². The van der Waals surface area contributed by atoms with Crippen LogP contribution in [0.15, 0.2) is 12.8 Å². The van der Waals surface area contributed by atoms with Crippen molar-refractivity contribution in [2.24, 2.45) is 0 Å². The Morgan fingerprint density at radius 3 is 1.05 bits per heavy atom. The summed E-state index contributed by atoms with van der Waals surface area (Å²) in [6.45, 7) is 12.8. The second-order valence-corrected chi connectivity index (χ2v) is 8.40. The first-order chi connectivity index (χ1) is 21.7. The molecule has 0 saturated carbocycles. The first-order valence-electron chi connectivity index (χ1n) is 14.7. The minimum absolute atomic E-state index is 0.300. The molecule has 260 valence electrons. The molecule has 0 rings (SSSR count). The number of ether oxygens (including phenoxy) is 12. The van der Waals surface area contributed by atoms with E-state index in [4.69, 9.17) is 57.2 Å². The number of carbonyl (C=O) groups is 2. The van der Waals surface area contributed by atoms with Crippen molar-refractivity contribution >= 4 is 11.9 Å². The van der Waals surface area contributed by atoms with Crippen LogP contribution in [0.3, 0.4) is 0 Å². The molecule has 0 unspecified atom stereocenters. The van der Waals surface area contributed by atoms with Gasteiger partial charge in [0.05, 0.1) is 138 Å². The van der Waals surface area contributed by atoms with Crippen LogP contribution in [0.25, 0.3) is 0 Å². The number of carboxylic acid groups (broad SMARTS) is 1. The van der Waals surface area contributed by atoms with E-state index < -0.39 is 18.5 Å². The minimum atomic E-state index is -1.12. The second kappa shape index (κ2) is 37.2. The first kappa shape index (κ1) is 42.0. The van der Waals surface area contributed by atoms with E-state index in [2.05, 4.69) is 16.6 Å². The Bertz CT molecular complexity index is 630. The lowest BCUT2D eigenvalue weighted by atomic mass is 10.6. The highest BCUT2D eigenvalue weighted by molar-refractivity contribution is 5.77. The highest BCUT2D eigenvalue weighted by Gasteiger charge is 2.03.